The highest BCUT2D eigenvalue weighted by Crippen LogP contribution is 2.44. The van der Waals surface area contributed by atoms with Crippen molar-refractivity contribution in [1.29, 1.82) is 0 Å². The van der Waals surface area contributed by atoms with Gasteiger partial charge in [0.1, 0.15) is 5.75 Å². The molecule has 0 radical (unpaired) electrons. The van der Waals surface area contributed by atoms with Gasteiger partial charge in [0.05, 0.1) is 25.9 Å². The van der Waals surface area contributed by atoms with Crippen molar-refractivity contribution < 1.29 is 23.7 Å². The Bertz CT molecular complexity index is 1250. The highest BCUT2D eigenvalue weighted by Gasteiger charge is 2.35. The molecule has 200 valence electrons. The van der Waals surface area contributed by atoms with E-state index in [1.54, 1.807) is 12.1 Å². The van der Waals surface area contributed by atoms with Crippen LogP contribution >= 0.6 is 11.6 Å². The van der Waals surface area contributed by atoms with E-state index in [1.807, 2.05) is 48.5 Å². The molecule has 3 aromatic carbocycles. The maximum atomic E-state index is 12.5. The zero-order chi connectivity index (χ0) is 26.5. The van der Waals surface area contributed by atoms with Crippen LogP contribution in [-0.2, 0) is 9.53 Å². The fraction of sp³-hybridized carbons (Fsp3) is 0.387. The first-order valence-corrected chi connectivity index (χ1v) is 13.6. The number of carbonyl (C=O) groups is 1. The first-order chi connectivity index (χ1) is 18.5. The lowest BCUT2D eigenvalue weighted by atomic mass is 9.76. The Morgan fingerprint density at radius 2 is 1.79 bits per heavy atom. The Labute approximate surface area is 229 Å². The lowest BCUT2D eigenvalue weighted by Crippen LogP contribution is -2.31. The van der Waals surface area contributed by atoms with Gasteiger partial charge in [0.15, 0.2) is 18.1 Å². The van der Waals surface area contributed by atoms with Crippen molar-refractivity contribution >= 4 is 23.2 Å². The van der Waals surface area contributed by atoms with Crippen LogP contribution in [0.15, 0.2) is 66.7 Å². The third-order valence-electron chi connectivity index (χ3n) is 7.23. The van der Waals surface area contributed by atoms with Crippen LogP contribution in [0.4, 0.5) is 5.69 Å². The van der Waals surface area contributed by atoms with E-state index in [2.05, 4.69) is 25.2 Å². The number of hydrogen-bond donors (Lipinski definition) is 1. The quantitative estimate of drug-likeness (QED) is 0.351. The molecule has 2 heterocycles. The second kappa shape index (κ2) is 12.1. The van der Waals surface area contributed by atoms with Gasteiger partial charge in [0.2, 0.25) is 0 Å². The van der Waals surface area contributed by atoms with Crippen LogP contribution in [0, 0.1) is 11.8 Å². The Morgan fingerprint density at radius 3 is 2.55 bits per heavy atom. The van der Waals surface area contributed by atoms with Crippen molar-refractivity contribution in [2.24, 2.45) is 11.8 Å². The van der Waals surface area contributed by atoms with E-state index >= 15 is 0 Å². The van der Waals surface area contributed by atoms with Gasteiger partial charge in [0, 0.05) is 29.1 Å². The molecule has 2 aliphatic heterocycles. The van der Waals surface area contributed by atoms with E-state index < -0.39 is 0 Å². The molecule has 3 atom stereocenters. The summed E-state index contributed by atoms with van der Waals surface area (Å²) in [7, 11) is 0. The first kappa shape index (κ1) is 26.4. The van der Waals surface area contributed by atoms with Gasteiger partial charge in [-0.15, -0.1) is 0 Å². The van der Waals surface area contributed by atoms with Gasteiger partial charge in [0.25, 0.3) is 5.91 Å². The van der Waals surface area contributed by atoms with E-state index in [4.69, 9.17) is 30.5 Å². The normalized spacial score (nSPS) is 21.0. The van der Waals surface area contributed by atoms with Crippen molar-refractivity contribution in [2.75, 3.05) is 31.7 Å². The zero-order valence-corrected chi connectivity index (χ0v) is 22.6. The summed E-state index contributed by atoms with van der Waals surface area (Å²) in [5, 5.41) is 3.66. The van der Waals surface area contributed by atoms with E-state index in [1.165, 1.54) is 0 Å². The average Bonchev–Trinajstić information content (AvgIpc) is 3.17. The molecular weight excluding hydrogens is 502 g/mol. The van der Waals surface area contributed by atoms with Gasteiger partial charge in [-0.25, -0.2) is 0 Å². The smallest absolute Gasteiger partial charge is 0.262 e. The second-order valence-corrected chi connectivity index (χ2v) is 10.6. The summed E-state index contributed by atoms with van der Waals surface area (Å²) in [5.41, 5.74) is 2.92. The third kappa shape index (κ3) is 6.25. The largest absolute Gasteiger partial charge is 0.490 e. The minimum absolute atomic E-state index is 0.00509. The number of benzene rings is 3. The number of amides is 1. The average molecular weight is 536 g/mol. The maximum Gasteiger partial charge on any atom is 0.262 e. The molecule has 3 aromatic rings. The Kier molecular flexibility index (Phi) is 8.40. The predicted molar refractivity (Wildman–Crippen MR) is 148 cm³/mol. The molecule has 5 rings (SSSR count). The number of carbonyl (C=O) groups excluding carboxylic acids is 1. The fourth-order valence-electron chi connectivity index (χ4n) is 5.19. The molecule has 0 spiro atoms. The summed E-state index contributed by atoms with van der Waals surface area (Å²) in [5.74, 6) is 2.82. The number of nitrogens with one attached hydrogen (secondary N) is 1. The Balaban J connectivity index is 1.17. The maximum absolute atomic E-state index is 12.5. The zero-order valence-electron chi connectivity index (χ0n) is 21.8. The van der Waals surface area contributed by atoms with Gasteiger partial charge >= 0.3 is 0 Å². The van der Waals surface area contributed by atoms with E-state index in [9.17, 15) is 4.79 Å². The molecule has 7 heteroatoms. The van der Waals surface area contributed by atoms with E-state index in [0.29, 0.717) is 54.6 Å². The number of rotatable bonds is 7. The van der Waals surface area contributed by atoms with Crippen molar-refractivity contribution in [3.8, 4) is 17.2 Å². The van der Waals surface area contributed by atoms with Crippen LogP contribution < -0.4 is 19.5 Å². The minimum atomic E-state index is -0.246. The number of hydrogen-bond acceptors (Lipinski definition) is 5. The molecule has 0 aromatic heterocycles. The lowest BCUT2D eigenvalue weighted by Gasteiger charge is -2.39. The summed E-state index contributed by atoms with van der Waals surface area (Å²) in [6, 6.07) is 21.3. The molecule has 38 heavy (non-hydrogen) atoms. The van der Waals surface area contributed by atoms with Crippen LogP contribution in [0.1, 0.15) is 49.8 Å². The first-order valence-electron chi connectivity index (χ1n) is 13.3. The van der Waals surface area contributed by atoms with Crippen LogP contribution in [0.2, 0.25) is 5.02 Å². The highest BCUT2D eigenvalue weighted by atomic mass is 35.5. The molecule has 1 saturated heterocycles. The summed E-state index contributed by atoms with van der Waals surface area (Å²) in [6.45, 7) is 6.25. The lowest BCUT2D eigenvalue weighted by molar-refractivity contribution is -0.118. The molecule has 2 aliphatic rings. The number of fused-ring (bicyclic) bond motifs is 1. The van der Waals surface area contributed by atoms with Crippen LogP contribution in [0.5, 0.6) is 17.2 Å². The van der Waals surface area contributed by atoms with Crippen LogP contribution in [-0.4, -0.2) is 32.3 Å². The van der Waals surface area contributed by atoms with Gasteiger partial charge in [-0.1, -0.05) is 55.8 Å². The molecular formula is C31H34ClNO5. The molecule has 1 fully saturated rings. The number of anilines is 1. The molecule has 0 unspecified atom stereocenters. The standard InChI is InChI=1S/C31H34ClNO5/c1-20(2)26-16-22(25-6-3-4-7-27(25)32)18-38-31(26)21-8-11-24(12-9-21)37-19-30(34)33-23-10-13-28-29(17-23)36-15-5-14-35-28/h3-4,6-13,17,20,22,26,31H,5,14-16,18-19H2,1-2H3,(H,33,34)/t22-,26-,31-/m0/s1. The van der Waals surface area contributed by atoms with Gasteiger partial charge < -0.3 is 24.3 Å². The molecule has 0 aliphatic carbocycles. The molecule has 1 N–H and O–H groups in total. The monoisotopic (exact) mass is 535 g/mol. The fourth-order valence-corrected chi connectivity index (χ4v) is 5.48. The van der Waals surface area contributed by atoms with Gasteiger partial charge in [-0.3, -0.25) is 4.79 Å². The topological polar surface area (TPSA) is 66.0 Å². The molecule has 0 bridgehead atoms. The van der Waals surface area contributed by atoms with Gasteiger partial charge in [-0.2, -0.15) is 0 Å². The van der Waals surface area contributed by atoms with Crippen molar-refractivity contribution in [3.05, 3.63) is 82.9 Å². The Morgan fingerprint density at radius 1 is 1.03 bits per heavy atom. The molecule has 6 nitrogen and oxygen atoms in total. The van der Waals surface area contributed by atoms with Crippen molar-refractivity contribution in [2.45, 2.75) is 38.7 Å². The second-order valence-electron chi connectivity index (χ2n) is 10.2. The van der Waals surface area contributed by atoms with Crippen LogP contribution in [0.3, 0.4) is 0 Å². The molecule has 0 saturated carbocycles. The number of halogens is 1. The van der Waals surface area contributed by atoms with Gasteiger partial charge in [-0.05, 0) is 59.7 Å². The Hall–Kier alpha value is -3.22. The summed E-state index contributed by atoms with van der Waals surface area (Å²) >= 11 is 6.48. The van der Waals surface area contributed by atoms with E-state index in [-0.39, 0.29) is 24.5 Å². The van der Waals surface area contributed by atoms with Crippen LogP contribution in [0.25, 0.3) is 0 Å². The van der Waals surface area contributed by atoms with Crippen molar-refractivity contribution in [1.82, 2.24) is 0 Å². The number of ether oxygens (including phenoxy) is 4. The predicted octanol–water partition coefficient (Wildman–Crippen LogP) is 7.04. The van der Waals surface area contributed by atoms with Crippen molar-refractivity contribution in [3.63, 3.8) is 0 Å². The highest BCUT2D eigenvalue weighted by molar-refractivity contribution is 6.31. The van der Waals surface area contributed by atoms with E-state index in [0.717, 1.165) is 29.0 Å². The minimum Gasteiger partial charge on any atom is -0.490 e. The summed E-state index contributed by atoms with van der Waals surface area (Å²) in [4.78, 5) is 12.5. The third-order valence-corrected chi connectivity index (χ3v) is 7.58. The SMILES string of the molecule is CC(C)[C@@H]1C[C@H](c2ccccc2Cl)CO[C@H]1c1ccc(OCC(=O)Nc2ccc3c(c2)OCCCO3)cc1. The summed E-state index contributed by atoms with van der Waals surface area (Å²) in [6.07, 6.45) is 1.85. The summed E-state index contributed by atoms with van der Waals surface area (Å²) < 4.78 is 23.5. The molecule has 1 amide bonds.